The molecule has 12 heteroatoms. The second kappa shape index (κ2) is 11.4. The summed E-state index contributed by atoms with van der Waals surface area (Å²) >= 11 is 0. The van der Waals surface area contributed by atoms with Crippen LogP contribution in [0.25, 0.3) is 22.2 Å². The third kappa shape index (κ3) is 5.97. The van der Waals surface area contributed by atoms with Crippen LogP contribution in [-0.4, -0.2) is 22.1 Å². The fourth-order valence-corrected chi connectivity index (χ4v) is 4.52. The molecule has 7 nitrogen and oxygen atoms in total. The van der Waals surface area contributed by atoms with Gasteiger partial charge in [0.15, 0.2) is 0 Å². The van der Waals surface area contributed by atoms with Gasteiger partial charge in [0.2, 0.25) is 0 Å². The van der Waals surface area contributed by atoms with Gasteiger partial charge in [0.05, 0.1) is 24.4 Å². The molecule has 5 rings (SSSR count). The van der Waals surface area contributed by atoms with Gasteiger partial charge in [-0.15, -0.1) is 0 Å². The molecule has 0 aliphatic carbocycles. The summed E-state index contributed by atoms with van der Waals surface area (Å²) in [5.74, 6) is -1.68. The van der Waals surface area contributed by atoms with E-state index in [9.17, 15) is 36.8 Å². The van der Waals surface area contributed by atoms with Crippen LogP contribution in [0.2, 0.25) is 0 Å². The van der Waals surface area contributed by atoms with E-state index in [2.05, 4.69) is 4.98 Å². The first kappa shape index (κ1) is 29.1. The molecular weight excluding hydrogens is 573 g/mol. The van der Waals surface area contributed by atoms with Crippen molar-refractivity contribution in [3.8, 4) is 28.8 Å². The van der Waals surface area contributed by atoms with Crippen LogP contribution in [0, 0.1) is 23.0 Å². The van der Waals surface area contributed by atoms with Gasteiger partial charge in [-0.3, -0.25) is 4.79 Å². The molecular formula is C31H20F5N3O4. The summed E-state index contributed by atoms with van der Waals surface area (Å²) in [6.45, 7) is 1.35. The molecule has 0 amide bonds. The summed E-state index contributed by atoms with van der Waals surface area (Å²) in [5, 5.41) is 10.0. The highest BCUT2D eigenvalue weighted by atomic mass is 19.4. The first-order chi connectivity index (χ1) is 20.5. The minimum absolute atomic E-state index is 0.141. The van der Waals surface area contributed by atoms with Crippen LogP contribution >= 0.6 is 0 Å². The SMILES string of the molecule is CCOC(=O)c1cc2cc(Oc3ccc(-c4cc(C(F)(F)F)c(C#N)c(=O)n4Cc4ccc(F)cc4F)cc3)ccc2[nH]1. The van der Waals surface area contributed by atoms with Gasteiger partial charge >= 0.3 is 12.1 Å². The van der Waals surface area contributed by atoms with E-state index in [1.165, 1.54) is 30.3 Å². The molecule has 2 aromatic heterocycles. The molecule has 0 saturated heterocycles. The van der Waals surface area contributed by atoms with Gasteiger partial charge in [-0.1, -0.05) is 6.07 Å². The Labute approximate surface area is 240 Å². The lowest BCUT2D eigenvalue weighted by atomic mass is 10.0. The Hall–Kier alpha value is -5.44. The van der Waals surface area contributed by atoms with Crippen LogP contribution in [-0.2, 0) is 17.5 Å². The van der Waals surface area contributed by atoms with Crippen molar-refractivity contribution < 1.29 is 36.2 Å². The Bertz CT molecular complexity index is 1950. The number of benzene rings is 3. The molecule has 0 saturated carbocycles. The van der Waals surface area contributed by atoms with Gasteiger partial charge in [0, 0.05) is 22.5 Å². The molecule has 0 spiro atoms. The Morgan fingerprint density at radius 3 is 2.35 bits per heavy atom. The van der Waals surface area contributed by atoms with Gasteiger partial charge in [-0.05, 0) is 73.2 Å². The molecule has 0 bridgehead atoms. The monoisotopic (exact) mass is 593 g/mol. The minimum Gasteiger partial charge on any atom is -0.461 e. The highest BCUT2D eigenvalue weighted by Crippen LogP contribution is 2.35. The molecule has 5 aromatic rings. The third-order valence-electron chi connectivity index (χ3n) is 6.53. The van der Waals surface area contributed by atoms with Crippen molar-refractivity contribution >= 4 is 16.9 Å². The largest absolute Gasteiger partial charge is 0.461 e. The summed E-state index contributed by atoms with van der Waals surface area (Å²) in [6, 6.07) is 16.9. The van der Waals surface area contributed by atoms with Gasteiger partial charge in [-0.25, -0.2) is 13.6 Å². The molecule has 3 aromatic carbocycles. The number of aromatic amines is 1. The number of hydrogen-bond donors (Lipinski definition) is 1. The van der Waals surface area contributed by atoms with E-state index in [0.717, 1.165) is 16.7 Å². The number of carbonyl (C=O) groups is 1. The van der Waals surface area contributed by atoms with Crippen molar-refractivity contribution in [2.75, 3.05) is 6.61 Å². The molecule has 0 unspecified atom stereocenters. The van der Waals surface area contributed by atoms with Crippen molar-refractivity contribution in [1.29, 1.82) is 5.26 Å². The van der Waals surface area contributed by atoms with E-state index >= 15 is 0 Å². The molecule has 0 aliphatic rings. The highest BCUT2D eigenvalue weighted by molar-refractivity contribution is 5.95. The molecule has 43 heavy (non-hydrogen) atoms. The van der Waals surface area contributed by atoms with Crippen LogP contribution in [0.1, 0.15) is 34.1 Å². The van der Waals surface area contributed by atoms with Gasteiger partial charge in [0.1, 0.15) is 40.5 Å². The van der Waals surface area contributed by atoms with E-state index in [1.807, 2.05) is 0 Å². The summed E-state index contributed by atoms with van der Waals surface area (Å²) in [4.78, 5) is 28.1. The number of ether oxygens (including phenoxy) is 2. The number of aromatic nitrogens is 2. The lowest BCUT2D eigenvalue weighted by Gasteiger charge is -2.18. The van der Waals surface area contributed by atoms with Crippen LogP contribution in [0.5, 0.6) is 11.5 Å². The first-order valence-electron chi connectivity index (χ1n) is 12.8. The lowest BCUT2D eigenvalue weighted by molar-refractivity contribution is -0.137. The number of nitrogens with one attached hydrogen (secondary N) is 1. The fraction of sp³-hybridized carbons (Fsp3) is 0.129. The Morgan fingerprint density at radius 1 is 0.977 bits per heavy atom. The van der Waals surface area contributed by atoms with Crippen molar-refractivity contribution in [3.05, 3.63) is 117 Å². The van der Waals surface area contributed by atoms with Crippen molar-refractivity contribution in [1.82, 2.24) is 9.55 Å². The van der Waals surface area contributed by atoms with E-state index in [0.29, 0.717) is 34.5 Å². The minimum atomic E-state index is -5.02. The predicted octanol–water partition coefficient (Wildman–Crippen LogP) is 7.18. The predicted molar refractivity (Wildman–Crippen MR) is 146 cm³/mol. The number of fused-ring (bicyclic) bond motifs is 1. The number of nitrogens with zero attached hydrogens (tertiary/aromatic N) is 2. The van der Waals surface area contributed by atoms with E-state index < -0.39 is 47.0 Å². The molecule has 218 valence electrons. The lowest BCUT2D eigenvalue weighted by Crippen LogP contribution is -2.29. The number of esters is 1. The van der Waals surface area contributed by atoms with Gasteiger partial charge in [-0.2, -0.15) is 18.4 Å². The highest BCUT2D eigenvalue weighted by Gasteiger charge is 2.36. The molecule has 2 heterocycles. The van der Waals surface area contributed by atoms with E-state index in [-0.39, 0.29) is 29.1 Å². The zero-order chi connectivity index (χ0) is 30.9. The Kier molecular flexibility index (Phi) is 7.74. The fourth-order valence-electron chi connectivity index (χ4n) is 4.52. The number of carbonyl (C=O) groups excluding carboxylic acids is 1. The number of alkyl halides is 3. The summed E-state index contributed by atoms with van der Waals surface area (Å²) in [6.07, 6.45) is -5.02. The summed E-state index contributed by atoms with van der Waals surface area (Å²) in [7, 11) is 0. The Morgan fingerprint density at radius 2 is 1.70 bits per heavy atom. The number of rotatable bonds is 7. The van der Waals surface area contributed by atoms with E-state index in [1.54, 1.807) is 31.2 Å². The van der Waals surface area contributed by atoms with Crippen LogP contribution in [0.4, 0.5) is 22.0 Å². The van der Waals surface area contributed by atoms with Crippen LogP contribution in [0.3, 0.4) is 0 Å². The molecule has 0 fully saturated rings. The van der Waals surface area contributed by atoms with Crippen LogP contribution < -0.4 is 10.3 Å². The van der Waals surface area contributed by atoms with Gasteiger partial charge < -0.3 is 19.0 Å². The molecule has 0 atom stereocenters. The smallest absolute Gasteiger partial charge is 0.417 e. The third-order valence-corrected chi connectivity index (χ3v) is 6.53. The zero-order valence-corrected chi connectivity index (χ0v) is 22.3. The average molecular weight is 594 g/mol. The summed E-state index contributed by atoms with van der Waals surface area (Å²) in [5.41, 5.74) is -3.20. The number of nitriles is 1. The number of H-pyrrole nitrogens is 1. The normalized spacial score (nSPS) is 11.4. The second-order valence-corrected chi connectivity index (χ2v) is 9.33. The first-order valence-corrected chi connectivity index (χ1v) is 12.8. The molecule has 0 aliphatic heterocycles. The Balaban J connectivity index is 1.51. The maximum Gasteiger partial charge on any atom is 0.417 e. The quantitative estimate of drug-likeness (QED) is 0.159. The van der Waals surface area contributed by atoms with Gasteiger partial charge in [0.25, 0.3) is 5.56 Å². The van der Waals surface area contributed by atoms with Crippen LogP contribution in [0.15, 0.2) is 77.6 Å². The molecule has 0 radical (unpaired) electrons. The number of hydrogen-bond acceptors (Lipinski definition) is 5. The van der Waals surface area contributed by atoms with Crippen molar-refractivity contribution in [2.24, 2.45) is 0 Å². The number of pyridine rings is 1. The zero-order valence-electron chi connectivity index (χ0n) is 22.3. The second-order valence-electron chi connectivity index (χ2n) is 9.33. The molecule has 1 N–H and O–H groups in total. The van der Waals surface area contributed by atoms with Crippen molar-refractivity contribution in [3.63, 3.8) is 0 Å². The summed E-state index contributed by atoms with van der Waals surface area (Å²) < 4.78 is 81.1. The number of halogens is 5. The van der Waals surface area contributed by atoms with E-state index in [4.69, 9.17) is 9.47 Å². The standard InChI is InChI=1S/C31H20F5N3O4/c1-2-42-30(41)27-12-19-11-22(9-10-26(19)38-27)43-21-7-4-17(5-8-21)28-14-24(31(34,35)36)23(15-37)29(40)39(28)16-18-3-6-20(32)13-25(18)33/h3-14,38H,2,16H2,1H3. The average Bonchev–Trinajstić information content (AvgIpc) is 3.39. The maximum absolute atomic E-state index is 14.4. The maximum atomic E-state index is 14.4. The van der Waals surface area contributed by atoms with Crippen molar-refractivity contribution in [2.45, 2.75) is 19.6 Å². The topological polar surface area (TPSA) is 97.1 Å².